The number of ether oxygens (including phenoxy) is 1. The van der Waals surface area contributed by atoms with Crippen LogP contribution in [-0.2, 0) is 0 Å². The zero-order valence-electron chi connectivity index (χ0n) is 15.0. The Labute approximate surface area is 156 Å². The summed E-state index contributed by atoms with van der Waals surface area (Å²) in [6.45, 7) is 3.76. The van der Waals surface area contributed by atoms with Crippen LogP contribution in [0, 0.1) is 6.92 Å². The lowest BCUT2D eigenvalue weighted by Crippen LogP contribution is -2.29. The molecule has 7 nitrogen and oxygen atoms in total. The molecule has 0 fully saturated rings. The molecule has 0 spiro atoms. The van der Waals surface area contributed by atoms with Crippen LogP contribution in [0.1, 0.15) is 46.4 Å². The molecule has 0 saturated heterocycles. The average Bonchev–Trinajstić information content (AvgIpc) is 3.28. The Bertz CT molecular complexity index is 996. The summed E-state index contributed by atoms with van der Waals surface area (Å²) in [5.41, 5.74) is 2.90. The number of amides is 1. The first-order valence-electron chi connectivity index (χ1n) is 8.67. The predicted octanol–water partition coefficient (Wildman–Crippen LogP) is 2.96. The molecule has 2 N–H and O–H groups in total. The monoisotopic (exact) mass is 365 g/mol. The number of aromatic nitrogens is 2. The topological polar surface area (TPSA) is 97.5 Å². The number of nitrogens with zero attached hydrogens (tertiary/aromatic N) is 2. The first-order chi connectivity index (χ1) is 13.0. The molecule has 1 unspecified atom stereocenters. The Morgan fingerprint density at radius 2 is 2.15 bits per heavy atom. The van der Waals surface area contributed by atoms with Crippen molar-refractivity contribution in [3.63, 3.8) is 0 Å². The van der Waals surface area contributed by atoms with Gasteiger partial charge in [0.1, 0.15) is 12.4 Å². The van der Waals surface area contributed by atoms with Crippen LogP contribution >= 0.6 is 0 Å². The second kappa shape index (κ2) is 6.85. The van der Waals surface area contributed by atoms with Crippen molar-refractivity contribution in [2.45, 2.75) is 26.0 Å². The first kappa shape index (κ1) is 17.2. The predicted molar refractivity (Wildman–Crippen MR) is 97.2 cm³/mol. The molecule has 1 aromatic heterocycles. The van der Waals surface area contributed by atoms with Crippen molar-refractivity contribution < 1.29 is 19.2 Å². The Morgan fingerprint density at radius 1 is 1.30 bits per heavy atom. The lowest BCUT2D eigenvalue weighted by molar-refractivity contribution is 0.0930. The van der Waals surface area contributed by atoms with Crippen molar-refractivity contribution >= 4 is 5.91 Å². The van der Waals surface area contributed by atoms with Crippen molar-refractivity contribution in [3.8, 4) is 17.1 Å². The number of aliphatic hydroxyl groups is 1. The molecule has 1 amide bonds. The van der Waals surface area contributed by atoms with Crippen LogP contribution < -0.4 is 10.1 Å². The SMILES string of the molecule is Cc1nc(-c2ccc3c(c2)OCC3NC(=O)c2cccc([C@@H](C)O)c2)no1. The van der Waals surface area contributed by atoms with E-state index in [0.717, 1.165) is 11.1 Å². The average molecular weight is 365 g/mol. The first-order valence-corrected chi connectivity index (χ1v) is 8.67. The van der Waals surface area contributed by atoms with Crippen LogP contribution in [0.15, 0.2) is 47.0 Å². The molecule has 1 aliphatic rings. The molecular formula is C20H19N3O4. The molecule has 0 bridgehead atoms. The number of carbonyl (C=O) groups excluding carboxylic acids is 1. The minimum absolute atomic E-state index is 0.211. The Morgan fingerprint density at radius 3 is 2.89 bits per heavy atom. The quantitative estimate of drug-likeness (QED) is 0.738. The van der Waals surface area contributed by atoms with Gasteiger partial charge < -0.3 is 19.7 Å². The maximum absolute atomic E-state index is 12.6. The van der Waals surface area contributed by atoms with E-state index in [9.17, 15) is 9.90 Å². The highest BCUT2D eigenvalue weighted by Crippen LogP contribution is 2.35. The van der Waals surface area contributed by atoms with Gasteiger partial charge in [-0.15, -0.1) is 0 Å². The summed E-state index contributed by atoms with van der Waals surface area (Å²) in [4.78, 5) is 16.8. The molecule has 4 rings (SSSR count). The van der Waals surface area contributed by atoms with Gasteiger partial charge in [0.25, 0.3) is 5.91 Å². The molecule has 7 heteroatoms. The molecule has 0 radical (unpaired) electrons. The van der Waals surface area contributed by atoms with Crippen molar-refractivity contribution in [1.82, 2.24) is 15.5 Å². The summed E-state index contributed by atoms with van der Waals surface area (Å²) in [5, 5.41) is 16.6. The molecule has 0 saturated carbocycles. The third-order valence-corrected chi connectivity index (χ3v) is 4.52. The summed E-state index contributed by atoms with van der Waals surface area (Å²) in [6.07, 6.45) is -0.625. The van der Waals surface area contributed by atoms with E-state index in [1.54, 1.807) is 38.1 Å². The number of hydrogen-bond acceptors (Lipinski definition) is 6. The van der Waals surface area contributed by atoms with Gasteiger partial charge in [-0.3, -0.25) is 4.79 Å². The standard InChI is InChI=1S/C20H19N3O4/c1-11(24)13-4-3-5-15(8-13)20(25)22-17-10-26-18-9-14(6-7-16(17)18)19-21-12(2)27-23-19/h3-9,11,17,24H,10H2,1-2H3,(H,22,25)/t11-,17?/m1/s1. The minimum Gasteiger partial charge on any atom is -0.491 e. The van der Waals surface area contributed by atoms with Gasteiger partial charge in [-0.25, -0.2) is 0 Å². The third kappa shape index (κ3) is 3.41. The summed E-state index contributed by atoms with van der Waals surface area (Å²) in [6, 6.07) is 12.3. The normalized spacial score (nSPS) is 16.5. The number of aliphatic hydroxyl groups excluding tert-OH is 1. The lowest BCUT2D eigenvalue weighted by Gasteiger charge is -2.13. The second-order valence-corrected chi connectivity index (χ2v) is 6.53. The fraction of sp³-hybridized carbons (Fsp3) is 0.250. The molecular weight excluding hydrogens is 346 g/mol. The second-order valence-electron chi connectivity index (χ2n) is 6.53. The summed E-state index contributed by atoms with van der Waals surface area (Å²) < 4.78 is 10.7. The van der Waals surface area contributed by atoms with E-state index >= 15 is 0 Å². The highest BCUT2D eigenvalue weighted by molar-refractivity contribution is 5.94. The fourth-order valence-corrected chi connectivity index (χ4v) is 3.07. The van der Waals surface area contributed by atoms with Gasteiger partial charge >= 0.3 is 0 Å². The molecule has 27 heavy (non-hydrogen) atoms. The van der Waals surface area contributed by atoms with Gasteiger partial charge in [-0.05, 0) is 30.7 Å². The van der Waals surface area contributed by atoms with Crippen LogP contribution in [-0.4, -0.2) is 27.8 Å². The number of carbonyl (C=O) groups is 1. The fourth-order valence-electron chi connectivity index (χ4n) is 3.07. The van der Waals surface area contributed by atoms with Gasteiger partial charge in [0.05, 0.1) is 12.1 Å². The summed E-state index contributed by atoms with van der Waals surface area (Å²) >= 11 is 0. The molecule has 0 aliphatic carbocycles. The Hall–Kier alpha value is -3.19. The smallest absolute Gasteiger partial charge is 0.251 e. The Kier molecular flexibility index (Phi) is 4.37. The number of rotatable bonds is 4. The number of fused-ring (bicyclic) bond motifs is 1. The van der Waals surface area contributed by atoms with E-state index in [2.05, 4.69) is 15.5 Å². The summed E-state index contributed by atoms with van der Waals surface area (Å²) in [7, 11) is 0. The van der Waals surface area contributed by atoms with E-state index in [1.807, 2.05) is 18.2 Å². The summed E-state index contributed by atoms with van der Waals surface area (Å²) in [5.74, 6) is 1.48. The molecule has 3 aromatic rings. The number of aryl methyl sites for hydroxylation is 1. The van der Waals surface area contributed by atoms with Gasteiger partial charge in [-0.1, -0.05) is 29.4 Å². The number of nitrogens with one attached hydrogen (secondary N) is 1. The number of hydrogen-bond donors (Lipinski definition) is 2. The Balaban J connectivity index is 1.53. The molecule has 2 atom stereocenters. The largest absolute Gasteiger partial charge is 0.491 e. The third-order valence-electron chi connectivity index (χ3n) is 4.52. The van der Waals surface area contributed by atoms with Crippen molar-refractivity contribution in [1.29, 1.82) is 0 Å². The lowest BCUT2D eigenvalue weighted by atomic mass is 10.0. The minimum atomic E-state index is -0.625. The highest BCUT2D eigenvalue weighted by Gasteiger charge is 2.27. The zero-order chi connectivity index (χ0) is 19.0. The van der Waals surface area contributed by atoms with Gasteiger partial charge in [0.2, 0.25) is 11.7 Å². The van der Waals surface area contributed by atoms with E-state index in [4.69, 9.17) is 9.26 Å². The van der Waals surface area contributed by atoms with Crippen LogP contribution in [0.4, 0.5) is 0 Å². The van der Waals surface area contributed by atoms with Gasteiger partial charge in [-0.2, -0.15) is 4.98 Å². The molecule has 2 aromatic carbocycles. The van der Waals surface area contributed by atoms with E-state index in [0.29, 0.717) is 35.2 Å². The van der Waals surface area contributed by atoms with Crippen LogP contribution in [0.3, 0.4) is 0 Å². The highest BCUT2D eigenvalue weighted by atomic mass is 16.5. The van der Waals surface area contributed by atoms with E-state index in [-0.39, 0.29) is 11.9 Å². The van der Waals surface area contributed by atoms with Crippen LogP contribution in [0.2, 0.25) is 0 Å². The van der Waals surface area contributed by atoms with Crippen LogP contribution in [0.5, 0.6) is 5.75 Å². The van der Waals surface area contributed by atoms with E-state index < -0.39 is 6.10 Å². The maximum atomic E-state index is 12.6. The van der Waals surface area contributed by atoms with Crippen molar-refractivity contribution in [2.24, 2.45) is 0 Å². The zero-order valence-corrected chi connectivity index (χ0v) is 15.0. The molecule has 2 heterocycles. The van der Waals surface area contributed by atoms with E-state index in [1.165, 1.54) is 0 Å². The molecule has 1 aliphatic heterocycles. The number of benzene rings is 2. The van der Waals surface area contributed by atoms with Gasteiger partial charge in [0.15, 0.2) is 0 Å². The van der Waals surface area contributed by atoms with Crippen molar-refractivity contribution in [3.05, 3.63) is 65.0 Å². The van der Waals surface area contributed by atoms with Crippen molar-refractivity contribution in [2.75, 3.05) is 6.61 Å². The maximum Gasteiger partial charge on any atom is 0.251 e. The van der Waals surface area contributed by atoms with Crippen LogP contribution in [0.25, 0.3) is 11.4 Å². The van der Waals surface area contributed by atoms with Gasteiger partial charge in [0, 0.05) is 23.6 Å². The molecule has 138 valence electrons.